The largest absolute Gasteiger partial charge is 0.478 e. The van der Waals surface area contributed by atoms with Crippen LogP contribution in [0.25, 0.3) is 0 Å². The summed E-state index contributed by atoms with van der Waals surface area (Å²) in [5.74, 6) is -1.75. The van der Waals surface area contributed by atoms with Gasteiger partial charge in [-0.15, -0.1) is 0 Å². The molecule has 1 fully saturated rings. The van der Waals surface area contributed by atoms with Crippen molar-refractivity contribution in [3.8, 4) is 0 Å². The lowest BCUT2D eigenvalue weighted by Gasteiger charge is -2.39. The van der Waals surface area contributed by atoms with Gasteiger partial charge < -0.3 is 35.0 Å². The maximum Gasteiger partial charge on any atom is 0.336 e. The molecule has 9 nitrogen and oxygen atoms in total. The highest BCUT2D eigenvalue weighted by Gasteiger charge is 2.45. The number of rotatable bonds is 10. The van der Waals surface area contributed by atoms with Crippen molar-refractivity contribution in [2.45, 2.75) is 58.4 Å². The van der Waals surface area contributed by atoms with E-state index in [1.165, 1.54) is 26.0 Å². The van der Waals surface area contributed by atoms with Gasteiger partial charge in [0, 0.05) is 11.1 Å². The lowest BCUT2D eigenvalue weighted by Crippen LogP contribution is -2.59. The van der Waals surface area contributed by atoms with E-state index in [1.807, 2.05) is 38.2 Å². The molecule has 1 aliphatic rings. The van der Waals surface area contributed by atoms with Crippen LogP contribution in [0.15, 0.2) is 83.1 Å². The third-order valence-corrected chi connectivity index (χ3v) is 4.97. The number of hydrogen-bond donors (Lipinski definition) is 5. The Morgan fingerprint density at radius 3 is 1.77 bits per heavy atom. The smallest absolute Gasteiger partial charge is 0.336 e. The molecule has 0 bridgehead atoms. The first-order chi connectivity index (χ1) is 16.5. The SMILES string of the molecule is CC(=C/C=C/C=C(C)/C=C/C=C(/C)C(=O)O)/C=C/C=C(\C)C(=O)OC1OC(CO)C(O)C(O)C1O. The van der Waals surface area contributed by atoms with Gasteiger partial charge in [0.15, 0.2) is 0 Å². The highest BCUT2D eigenvalue weighted by molar-refractivity contribution is 5.88. The van der Waals surface area contributed by atoms with Crippen molar-refractivity contribution < 1.29 is 44.6 Å². The zero-order chi connectivity index (χ0) is 26.5. The third kappa shape index (κ3) is 10.4. The second-order valence-electron chi connectivity index (χ2n) is 8.03. The third-order valence-electron chi connectivity index (χ3n) is 4.97. The summed E-state index contributed by atoms with van der Waals surface area (Å²) < 4.78 is 10.2. The van der Waals surface area contributed by atoms with Gasteiger partial charge in [0.1, 0.15) is 24.4 Å². The van der Waals surface area contributed by atoms with Crippen LogP contribution in [-0.4, -0.2) is 74.8 Å². The van der Waals surface area contributed by atoms with Crippen molar-refractivity contribution in [1.29, 1.82) is 0 Å². The molecule has 0 spiro atoms. The fraction of sp³-hybridized carbons (Fsp3) is 0.385. The molecule has 0 aromatic heterocycles. The van der Waals surface area contributed by atoms with Gasteiger partial charge in [0.25, 0.3) is 0 Å². The van der Waals surface area contributed by atoms with E-state index in [0.29, 0.717) is 0 Å². The predicted molar refractivity (Wildman–Crippen MR) is 130 cm³/mol. The van der Waals surface area contributed by atoms with Gasteiger partial charge in [-0.2, -0.15) is 0 Å². The van der Waals surface area contributed by atoms with Gasteiger partial charge in [-0.25, -0.2) is 9.59 Å². The molecule has 5 N–H and O–H groups in total. The fourth-order valence-electron chi connectivity index (χ4n) is 2.72. The van der Waals surface area contributed by atoms with Crippen molar-refractivity contribution in [3.05, 3.63) is 83.1 Å². The Bertz CT molecular complexity index is 948. The standard InChI is InChI=1S/C26H34O9/c1-16(11-7-13-18(3)24(31)32)9-5-6-10-17(2)12-8-14-19(4)25(33)35-26-23(30)22(29)21(28)20(15-27)34-26/h5-14,20-23,26-30H,15H2,1-4H3,(H,31,32)/b6-5+,11-7+,12-8+,16-9+,17-10-,18-13-,19-14+. The predicted octanol–water partition coefficient (Wildman–Crippen LogP) is 1.87. The number of carbonyl (C=O) groups is 2. The Balaban J connectivity index is 2.64. The summed E-state index contributed by atoms with van der Waals surface area (Å²) in [6, 6.07) is 0. The van der Waals surface area contributed by atoms with E-state index in [-0.39, 0.29) is 11.1 Å². The Labute approximate surface area is 205 Å². The molecule has 1 saturated heterocycles. The van der Waals surface area contributed by atoms with E-state index < -0.39 is 49.3 Å². The average molecular weight is 491 g/mol. The van der Waals surface area contributed by atoms with Crippen LogP contribution in [0, 0.1) is 0 Å². The van der Waals surface area contributed by atoms with Crippen molar-refractivity contribution in [3.63, 3.8) is 0 Å². The first kappa shape index (κ1) is 30.0. The zero-order valence-corrected chi connectivity index (χ0v) is 20.2. The maximum absolute atomic E-state index is 12.2. The number of aliphatic hydroxyl groups excluding tert-OH is 4. The summed E-state index contributed by atoms with van der Waals surface area (Å²) in [5.41, 5.74) is 2.29. The van der Waals surface area contributed by atoms with E-state index in [1.54, 1.807) is 24.3 Å². The van der Waals surface area contributed by atoms with Crippen LogP contribution < -0.4 is 0 Å². The highest BCUT2D eigenvalue weighted by Crippen LogP contribution is 2.22. The monoisotopic (exact) mass is 490 g/mol. The first-order valence-electron chi connectivity index (χ1n) is 10.9. The van der Waals surface area contributed by atoms with Crippen molar-refractivity contribution in [2.75, 3.05) is 6.61 Å². The number of carboxylic acid groups (broad SMARTS) is 1. The molecule has 35 heavy (non-hydrogen) atoms. The van der Waals surface area contributed by atoms with Gasteiger partial charge in [0.05, 0.1) is 6.61 Å². The molecule has 0 aromatic carbocycles. The van der Waals surface area contributed by atoms with Crippen LogP contribution in [0.2, 0.25) is 0 Å². The fourth-order valence-corrected chi connectivity index (χ4v) is 2.72. The first-order valence-corrected chi connectivity index (χ1v) is 10.9. The number of hydrogen-bond acceptors (Lipinski definition) is 8. The summed E-state index contributed by atoms with van der Waals surface area (Å²) in [6.45, 7) is 6.16. The Kier molecular flexibility index (Phi) is 12.9. The maximum atomic E-state index is 12.2. The molecule has 192 valence electrons. The molecular formula is C26H34O9. The molecular weight excluding hydrogens is 456 g/mol. The summed E-state index contributed by atoms with van der Waals surface area (Å²) >= 11 is 0. The van der Waals surface area contributed by atoms with Crippen molar-refractivity contribution in [1.82, 2.24) is 0 Å². The van der Waals surface area contributed by atoms with Crippen LogP contribution in [0.1, 0.15) is 27.7 Å². The van der Waals surface area contributed by atoms with Crippen LogP contribution >= 0.6 is 0 Å². The molecule has 5 unspecified atom stereocenters. The molecule has 1 heterocycles. The van der Waals surface area contributed by atoms with Gasteiger partial charge in [-0.05, 0) is 27.7 Å². The molecule has 9 heteroatoms. The minimum atomic E-state index is -1.66. The number of aliphatic hydroxyl groups is 4. The Morgan fingerprint density at radius 2 is 1.29 bits per heavy atom. The number of carbonyl (C=O) groups excluding carboxylic acids is 1. The molecule has 0 aliphatic carbocycles. The summed E-state index contributed by atoms with van der Waals surface area (Å²) in [6.07, 6.45) is 9.79. The van der Waals surface area contributed by atoms with Crippen molar-refractivity contribution >= 4 is 11.9 Å². The quantitative estimate of drug-likeness (QED) is 0.175. The van der Waals surface area contributed by atoms with E-state index >= 15 is 0 Å². The zero-order valence-electron chi connectivity index (χ0n) is 20.2. The molecule has 0 aromatic rings. The van der Waals surface area contributed by atoms with Gasteiger partial charge in [-0.3, -0.25) is 0 Å². The minimum absolute atomic E-state index is 0.207. The number of esters is 1. The summed E-state index contributed by atoms with van der Waals surface area (Å²) in [7, 11) is 0. The van der Waals surface area contributed by atoms with Gasteiger partial charge in [0.2, 0.25) is 6.29 Å². The molecule has 1 rings (SSSR count). The molecule has 0 amide bonds. The molecule has 5 atom stereocenters. The molecule has 0 saturated carbocycles. The van der Waals surface area contributed by atoms with Crippen molar-refractivity contribution in [2.24, 2.45) is 0 Å². The normalized spacial score (nSPS) is 27.3. The number of ether oxygens (including phenoxy) is 2. The lowest BCUT2D eigenvalue weighted by atomic mass is 9.99. The molecule has 1 aliphatic heterocycles. The van der Waals surface area contributed by atoms with Crippen LogP contribution in [0.4, 0.5) is 0 Å². The van der Waals surface area contributed by atoms with E-state index in [2.05, 4.69) is 0 Å². The number of allylic oxidation sites excluding steroid dienone is 12. The second-order valence-corrected chi connectivity index (χ2v) is 8.03. The van der Waals surface area contributed by atoms with E-state index in [9.17, 15) is 30.0 Å². The van der Waals surface area contributed by atoms with Gasteiger partial charge in [-0.1, -0.05) is 71.9 Å². The van der Waals surface area contributed by atoms with Crippen LogP contribution in [0.3, 0.4) is 0 Å². The lowest BCUT2D eigenvalue weighted by molar-refractivity contribution is -0.291. The topological polar surface area (TPSA) is 154 Å². The van der Waals surface area contributed by atoms with Gasteiger partial charge >= 0.3 is 11.9 Å². The Morgan fingerprint density at radius 1 is 0.771 bits per heavy atom. The Hall–Kier alpha value is -3.08. The number of carboxylic acids is 1. The average Bonchev–Trinajstić information content (AvgIpc) is 2.81. The van der Waals surface area contributed by atoms with Crippen LogP contribution in [-0.2, 0) is 19.1 Å². The minimum Gasteiger partial charge on any atom is -0.478 e. The van der Waals surface area contributed by atoms with Crippen LogP contribution in [0.5, 0.6) is 0 Å². The summed E-state index contributed by atoms with van der Waals surface area (Å²) in [5, 5.41) is 47.5. The second kappa shape index (κ2) is 15.0. The summed E-state index contributed by atoms with van der Waals surface area (Å²) in [4.78, 5) is 23.0. The van der Waals surface area contributed by atoms with E-state index in [4.69, 9.17) is 14.6 Å². The highest BCUT2D eigenvalue weighted by atomic mass is 16.7. The number of aliphatic carboxylic acids is 1. The molecule has 0 radical (unpaired) electrons. The van der Waals surface area contributed by atoms with E-state index in [0.717, 1.165) is 11.1 Å².